The van der Waals surface area contributed by atoms with Gasteiger partial charge in [-0.3, -0.25) is 0 Å². The summed E-state index contributed by atoms with van der Waals surface area (Å²) < 4.78 is 45.6. The lowest BCUT2D eigenvalue weighted by molar-refractivity contribution is -0.174. The van der Waals surface area contributed by atoms with E-state index >= 15 is 0 Å². The molecule has 0 bridgehead atoms. The number of nitrogens with two attached hydrogens (primary N) is 1. The molecule has 0 heterocycles. The lowest BCUT2D eigenvalue weighted by Gasteiger charge is -2.13. The first kappa shape index (κ1) is 16.8. The maximum Gasteiger partial charge on any atom is 0.411 e. The van der Waals surface area contributed by atoms with Crippen LogP contribution in [-0.4, -0.2) is 32.0 Å². The molecular weight excluding hydrogens is 271 g/mol. The normalized spacial score (nSPS) is 13.2. The SMILES string of the molecule is CC(N)Cc1ccccc1OCCCOCC(F)(F)F. The quantitative estimate of drug-likeness (QED) is 0.749. The smallest absolute Gasteiger partial charge is 0.411 e. The molecule has 0 saturated carbocycles. The van der Waals surface area contributed by atoms with Gasteiger partial charge in [-0.15, -0.1) is 0 Å². The molecular formula is C14H20F3NO2. The third-order valence-corrected chi connectivity index (χ3v) is 2.47. The van der Waals surface area contributed by atoms with Crippen LogP contribution in [0.15, 0.2) is 24.3 Å². The Labute approximate surface area is 116 Å². The molecule has 1 unspecified atom stereocenters. The van der Waals surface area contributed by atoms with Crippen LogP contribution in [-0.2, 0) is 11.2 Å². The Hall–Kier alpha value is -1.27. The number of para-hydroxylation sites is 1. The van der Waals surface area contributed by atoms with Crippen LogP contribution in [0.2, 0.25) is 0 Å². The van der Waals surface area contributed by atoms with Gasteiger partial charge in [-0.1, -0.05) is 18.2 Å². The van der Waals surface area contributed by atoms with Crippen LogP contribution >= 0.6 is 0 Å². The van der Waals surface area contributed by atoms with Crippen molar-refractivity contribution in [2.75, 3.05) is 19.8 Å². The van der Waals surface area contributed by atoms with Gasteiger partial charge in [-0.25, -0.2) is 0 Å². The first-order valence-corrected chi connectivity index (χ1v) is 6.49. The molecule has 0 amide bonds. The number of halogens is 3. The zero-order valence-electron chi connectivity index (χ0n) is 11.5. The molecule has 1 aromatic carbocycles. The summed E-state index contributed by atoms with van der Waals surface area (Å²) in [6.45, 7) is 1.03. The third kappa shape index (κ3) is 7.35. The number of alkyl halides is 3. The lowest BCUT2D eigenvalue weighted by Crippen LogP contribution is -2.19. The summed E-state index contributed by atoms with van der Waals surface area (Å²) >= 11 is 0. The Morgan fingerprint density at radius 1 is 1.20 bits per heavy atom. The minimum absolute atomic E-state index is 0.0228. The Bertz CT molecular complexity index is 394. The molecule has 1 atom stereocenters. The zero-order valence-corrected chi connectivity index (χ0v) is 11.5. The van der Waals surface area contributed by atoms with Crippen molar-refractivity contribution in [3.8, 4) is 5.75 Å². The van der Waals surface area contributed by atoms with Gasteiger partial charge < -0.3 is 15.2 Å². The summed E-state index contributed by atoms with van der Waals surface area (Å²) in [6, 6.07) is 7.53. The second-order valence-corrected chi connectivity index (χ2v) is 4.66. The highest BCUT2D eigenvalue weighted by molar-refractivity contribution is 5.33. The molecule has 0 saturated heterocycles. The van der Waals surface area contributed by atoms with Crippen molar-refractivity contribution in [3.63, 3.8) is 0 Å². The molecule has 0 aliphatic carbocycles. The van der Waals surface area contributed by atoms with Crippen molar-refractivity contribution in [3.05, 3.63) is 29.8 Å². The van der Waals surface area contributed by atoms with Crippen molar-refractivity contribution >= 4 is 0 Å². The van der Waals surface area contributed by atoms with Gasteiger partial charge in [0.05, 0.1) is 13.2 Å². The highest BCUT2D eigenvalue weighted by Gasteiger charge is 2.27. The molecule has 0 aromatic heterocycles. The first-order chi connectivity index (χ1) is 9.38. The molecule has 1 aromatic rings. The van der Waals surface area contributed by atoms with E-state index in [0.29, 0.717) is 19.4 Å². The third-order valence-electron chi connectivity index (χ3n) is 2.47. The molecule has 0 radical (unpaired) electrons. The first-order valence-electron chi connectivity index (χ1n) is 6.49. The fourth-order valence-corrected chi connectivity index (χ4v) is 1.69. The van der Waals surface area contributed by atoms with E-state index in [4.69, 9.17) is 10.5 Å². The largest absolute Gasteiger partial charge is 0.493 e. The summed E-state index contributed by atoms with van der Waals surface area (Å²) in [5.74, 6) is 0.723. The van der Waals surface area contributed by atoms with Crippen LogP contribution in [0.3, 0.4) is 0 Å². The molecule has 114 valence electrons. The minimum atomic E-state index is -4.27. The van der Waals surface area contributed by atoms with Crippen LogP contribution in [0.5, 0.6) is 5.75 Å². The van der Waals surface area contributed by atoms with Crippen LogP contribution < -0.4 is 10.5 Å². The van der Waals surface area contributed by atoms with Crippen LogP contribution in [0.25, 0.3) is 0 Å². The topological polar surface area (TPSA) is 44.5 Å². The Balaban J connectivity index is 2.28. The van der Waals surface area contributed by atoms with Gasteiger partial charge in [0.1, 0.15) is 12.4 Å². The van der Waals surface area contributed by atoms with E-state index in [1.54, 1.807) is 0 Å². The zero-order chi connectivity index (χ0) is 15.0. The maximum atomic E-state index is 11.8. The Morgan fingerprint density at radius 3 is 2.55 bits per heavy atom. The van der Waals surface area contributed by atoms with Crippen LogP contribution in [0.4, 0.5) is 13.2 Å². The van der Waals surface area contributed by atoms with Gasteiger partial charge in [0.2, 0.25) is 0 Å². The van der Waals surface area contributed by atoms with Gasteiger partial charge >= 0.3 is 6.18 Å². The molecule has 0 spiro atoms. The molecule has 0 fully saturated rings. The van der Waals surface area contributed by atoms with E-state index < -0.39 is 12.8 Å². The Morgan fingerprint density at radius 2 is 1.90 bits per heavy atom. The average Bonchev–Trinajstić information content (AvgIpc) is 2.33. The second-order valence-electron chi connectivity index (χ2n) is 4.66. The molecule has 20 heavy (non-hydrogen) atoms. The van der Waals surface area contributed by atoms with E-state index in [0.717, 1.165) is 11.3 Å². The monoisotopic (exact) mass is 291 g/mol. The van der Waals surface area contributed by atoms with Crippen molar-refractivity contribution in [2.24, 2.45) is 5.73 Å². The van der Waals surface area contributed by atoms with Crippen molar-refractivity contribution < 1.29 is 22.6 Å². The van der Waals surface area contributed by atoms with Gasteiger partial charge in [-0.05, 0) is 25.0 Å². The molecule has 2 N–H and O–H groups in total. The van der Waals surface area contributed by atoms with Crippen LogP contribution in [0.1, 0.15) is 18.9 Å². The van der Waals surface area contributed by atoms with Crippen molar-refractivity contribution in [1.29, 1.82) is 0 Å². The average molecular weight is 291 g/mol. The van der Waals surface area contributed by atoms with E-state index in [1.165, 1.54) is 0 Å². The highest BCUT2D eigenvalue weighted by atomic mass is 19.4. The molecule has 0 aliphatic heterocycles. The lowest BCUT2D eigenvalue weighted by atomic mass is 10.1. The van der Waals surface area contributed by atoms with E-state index in [2.05, 4.69) is 4.74 Å². The fourth-order valence-electron chi connectivity index (χ4n) is 1.69. The molecule has 3 nitrogen and oxygen atoms in total. The highest BCUT2D eigenvalue weighted by Crippen LogP contribution is 2.19. The second kappa shape index (κ2) is 8.11. The standard InChI is InChI=1S/C14H20F3NO2/c1-11(18)9-12-5-2-3-6-13(12)20-8-4-7-19-10-14(15,16)17/h2-3,5-6,11H,4,7-10,18H2,1H3. The Kier molecular flexibility index (Phi) is 6.81. The van der Waals surface area contributed by atoms with Gasteiger partial charge in [0, 0.05) is 12.5 Å². The molecule has 1 rings (SSSR count). The number of benzene rings is 1. The fraction of sp³-hybridized carbons (Fsp3) is 0.571. The number of hydrogen-bond donors (Lipinski definition) is 1. The number of rotatable bonds is 8. The van der Waals surface area contributed by atoms with E-state index in [9.17, 15) is 13.2 Å². The minimum Gasteiger partial charge on any atom is -0.493 e. The summed E-state index contributed by atoms with van der Waals surface area (Å²) in [7, 11) is 0. The maximum absolute atomic E-state index is 11.8. The molecule has 0 aliphatic rings. The number of ether oxygens (including phenoxy) is 2. The summed E-state index contributed by atoms with van der Waals surface area (Å²) in [4.78, 5) is 0. The molecule has 6 heteroatoms. The number of hydrogen-bond acceptors (Lipinski definition) is 3. The van der Waals surface area contributed by atoms with Crippen LogP contribution in [0, 0.1) is 0 Å². The van der Waals surface area contributed by atoms with E-state index in [1.807, 2.05) is 31.2 Å². The van der Waals surface area contributed by atoms with Crippen molar-refractivity contribution in [2.45, 2.75) is 32.0 Å². The summed E-state index contributed by atoms with van der Waals surface area (Å²) in [6.07, 6.45) is -3.17. The van der Waals surface area contributed by atoms with Crippen molar-refractivity contribution in [1.82, 2.24) is 0 Å². The summed E-state index contributed by atoms with van der Waals surface area (Å²) in [5, 5.41) is 0. The van der Waals surface area contributed by atoms with Gasteiger partial charge in [0.15, 0.2) is 0 Å². The predicted molar refractivity (Wildman–Crippen MR) is 70.8 cm³/mol. The van der Waals surface area contributed by atoms with E-state index in [-0.39, 0.29) is 12.6 Å². The predicted octanol–water partition coefficient (Wildman–Crippen LogP) is 2.92. The summed E-state index contributed by atoms with van der Waals surface area (Å²) in [5.41, 5.74) is 6.75. The van der Waals surface area contributed by atoms with Gasteiger partial charge in [0.25, 0.3) is 0 Å². The van der Waals surface area contributed by atoms with Gasteiger partial charge in [-0.2, -0.15) is 13.2 Å².